The van der Waals surface area contributed by atoms with Crippen molar-refractivity contribution >= 4 is 5.97 Å². The highest BCUT2D eigenvalue weighted by molar-refractivity contribution is 5.82. The lowest BCUT2D eigenvalue weighted by Crippen LogP contribution is -2.49. The Kier molecular flexibility index (Phi) is 5.77. The van der Waals surface area contributed by atoms with Crippen LogP contribution in [0.25, 0.3) is 0 Å². The highest BCUT2D eigenvalue weighted by atomic mass is 16.5. The Morgan fingerprint density at radius 2 is 2.00 bits per heavy atom. The molecule has 1 unspecified atom stereocenters. The predicted molar refractivity (Wildman–Crippen MR) is 78.0 cm³/mol. The van der Waals surface area contributed by atoms with Crippen molar-refractivity contribution in [1.82, 2.24) is 5.32 Å². The maximum atomic E-state index is 12.4. The van der Waals surface area contributed by atoms with E-state index in [1.165, 1.54) is 5.56 Å². The number of rotatable bonds is 7. The van der Waals surface area contributed by atoms with Crippen LogP contribution in [0.3, 0.4) is 0 Å². The van der Waals surface area contributed by atoms with Gasteiger partial charge >= 0.3 is 5.97 Å². The molecule has 0 radical (unpaired) electrons. The maximum absolute atomic E-state index is 12.4. The number of nitrogens with one attached hydrogen (secondary N) is 1. The Balaban J connectivity index is 3.18. The Bertz CT molecular complexity index is 425. The van der Waals surface area contributed by atoms with Crippen molar-refractivity contribution < 1.29 is 9.53 Å². The molecule has 0 aliphatic carbocycles. The molecule has 1 N–H and O–H groups in total. The lowest BCUT2D eigenvalue weighted by Gasteiger charge is -2.31. The van der Waals surface area contributed by atoms with Gasteiger partial charge in [-0.2, -0.15) is 0 Å². The Hall–Kier alpha value is -1.61. The van der Waals surface area contributed by atoms with Crippen molar-refractivity contribution in [3.63, 3.8) is 0 Å². The van der Waals surface area contributed by atoms with Crippen LogP contribution in [-0.2, 0) is 15.1 Å². The van der Waals surface area contributed by atoms with Gasteiger partial charge in [-0.15, -0.1) is 6.58 Å². The first-order valence-corrected chi connectivity index (χ1v) is 6.71. The fourth-order valence-electron chi connectivity index (χ4n) is 2.10. The molecular formula is C16H23NO2. The molecule has 0 saturated carbocycles. The SMILES string of the molecule is C=CCNC(CC)(C(=O)OCC)c1ccc(C)cc1. The predicted octanol–water partition coefficient (Wildman–Crippen LogP) is 2.94. The third-order valence-corrected chi connectivity index (χ3v) is 3.25. The molecule has 0 fully saturated rings. The first-order chi connectivity index (χ1) is 9.10. The highest BCUT2D eigenvalue weighted by Gasteiger charge is 2.39. The van der Waals surface area contributed by atoms with Gasteiger partial charge in [0.1, 0.15) is 5.54 Å². The van der Waals surface area contributed by atoms with Crippen LogP contribution in [0.1, 0.15) is 31.4 Å². The summed E-state index contributed by atoms with van der Waals surface area (Å²) in [5, 5.41) is 3.26. The lowest BCUT2D eigenvalue weighted by atomic mass is 9.86. The Morgan fingerprint density at radius 3 is 2.47 bits per heavy atom. The van der Waals surface area contributed by atoms with E-state index >= 15 is 0 Å². The molecule has 1 rings (SSSR count). The fourth-order valence-corrected chi connectivity index (χ4v) is 2.10. The summed E-state index contributed by atoms with van der Waals surface area (Å²) in [6.45, 7) is 10.5. The molecule has 0 saturated heterocycles. The molecule has 19 heavy (non-hydrogen) atoms. The number of benzene rings is 1. The first kappa shape index (κ1) is 15.4. The van der Waals surface area contributed by atoms with Crippen LogP contribution in [0.4, 0.5) is 0 Å². The van der Waals surface area contributed by atoms with Crippen molar-refractivity contribution in [3.8, 4) is 0 Å². The van der Waals surface area contributed by atoms with Crippen LogP contribution in [0.2, 0.25) is 0 Å². The number of carbonyl (C=O) groups is 1. The van der Waals surface area contributed by atoms with Crippen LogP contribution in [0, 0.1) is 6.92 Å². The van der Waals surface area contributed by atoms with Crippen molar-refractivity contribution in [2.24, 2.45) is 0 Å². The number of hydrogen-bond acceptors (Lipinski definition) is 3. The van der Waals surface area contributed by atoms with Gasteiger partial charge in [0.25, 0.3) is 0 Å². The van der Waals surface area contributed by atoms with E-state index in [1.807, 2.05) is 45.0 Å². The van der Waals surface area contributed by atoms with E-state index in [0.29, 0.717) is 19.6 Å². The van der Waals surface area contributed by atoms with Gasteiger partial charge in [0.05, 0.1) is 6.61 Å². The average molecular weight is 261 g/mol. The molecule has 104 valence electrons. The monoisotopic (exact) mass is 261 g/mol. The summed E-state index contributed by atoms with van der Waals surface area (Å²) in [5.41, 5.74) is 1.31. The van der Waals surface area contributed by atoms with E-state index in [9.17, 15) is 4.79 Å². The number of aryl methyl sites for hydroxylation is 1. The van der Waals surface area contributed by atoms with Gasteiger partial charge in [-0.25, -0.2) is 4.79 Å². The average Bonchev–Trinajstić information content (AvgIpc) is 2.42. The lowest BCUT2D eigenvalue weighted by molar-refractivity contribution is -0.152. The van der Waals surface area contributed by atoms with E-state index in [-0.39, 0.29) is 5.97 Å². The summed E-state index contributed by atoms with van der Waals surface area (Å²) < 4.78 is 5.24. The third-order valence-electron chi connectivity index (χ3n) is 3.25. The van der Waals surface area contributed by atoms with Crippen molar-refractivity contribution in [1.29, 1.82) is 0 Å². The van der Waals surface area contributed by atoms with Gasteiger partial charge in [0.15, 0.2) is 0 Å². The van der Waals surface area contributed by atoms with Gasteiger partial charge in [0, 0.05) is 6.54 Å². The quantitative estimate of drug-likeness (QED) is 0.606. The van der Waals surface area contributed by atoms with E-state index in [1.54, 1.807) is 6.08 Å². The van der Waals surface area contributed by atoms with Gasteiger partial charge < -0.3 is 4.74 Å². The van der Waals surface area contributed by atoms with Gasteiger partial charge in [-0.1, -0.05) is 42.8 Å². The normalized spacial score (nSPS) is 13.6. The zero-order valence-corrected chi connectivity index (χ0v) is 12.0. The number of esters is 1. The molecule has 3 nitrogen and oxygen atoms in total. The Morgan fingerprint density at radius 1 is 1.37 bits per heavy atom. The van der Waals surface area contributed by atoms with Crippen LogP contribution < -0.4 is 5.32 Å². The molecular weight excluding hydrogens is 238 g/mol. The topological polar surface area (TPSA) is 38.3 Å². The molecule has 0 bridgehead atoms. The summed E-state index contributed by atoms with van der Waals surface area (Å²) in [4.78, 5) is 12.4. The minimum atomic E-state index is -0.794. The summed E-state index contributed by atoms with van der Waals surface area (Å²) in [5.74, 6) is -0.233. The van der Waals surface area contributed by atoms with Gasteiger partial charge in [0.2, 0.25) is 0 Å². The molecule has 0 amide bonds. The minimum Gasteiger partial charge on any atom is -0.464 e. The van der Waals surface area contributed by atoms with Crippen LogP contribution in [-0.4, -0.2) is 19.1 Å². The molecule has 1 aromatic rings. The second-order valence-electron chi connectivity index (χ2n) is 4.51. The fraction of sp³-hybridized carbons (Fsp3) is 0.438. The van der Waals surface area contributed by atoms with Crippen LogP contribution in [0.5, 0.6) is 0 Å². The molecule has 1 aromatic carbocycles. The summed E-state index contributed by atoms with van der Waals surface area (Å²) in [6, 6.07) is 7.97. The molecule has 0 aliphatic heterocycles. The molecule has 3 heteroatoms. The second kappa shape index (κ2) is 7.10. The molecule has 1 atom stereocenters. The second-order valence-corrected chi connectivity index (χ2v) is 4.51. The Labute approximate surface area is 115 Å². The highest BCUT2D eigenvalue weighted by Crippen LogP contribution is 2.27. The molecule has 0 heterocycles. The summed E-state index contributed by atoms with van der Waals surface area (Å²) >= 11 is 0. The molecule has 0 aliphatic rings. The van der Waals surface area contributed by atoms with Crippen molar-refractivity contribution in [2.75, 3.05) is 13.2 Å². The molecule has 0 spiro atoms. The van der Waals surface area contributed by atoms with Gasteiger partial charge in [-0.3, -0.25) is 5.32 Å². The molecule has 0 aromatic heterocycles. The summed E-state index contributed by atoms with van der Waals surface area (Å²) in [6.07, 6.45) is 2.38. The van der Waals surface area contributed by atoms with E-state index in [0.717, 1.165) is 5.56 Å². The van der Waals surface area contributed by atoms with Crippen LogP contribution >= 0.6 is 0 Å². The number of ether oxygens (including phenoxy) is 1. The van der Waals surface area contributed by atoms with E-state index in [4.69, 9.17) is 4.74 Å². The minimum absolute atomic E-state index is 0.233. The summed E-state index contributed by atoms with van der Waals surface area (Å²) in [7, 11) is 0. The zero-order valence-electron chi connectivity index (χ0n) is 12.0. The van der Waals surface area contributed by atoms with Crippen LogP contribution in [0.15, 0.2) is 36.9 Å². The van der Waals surface area contributed by atoms with Crippen molar-refractivity contribution in [2.45, 2.75) is 32.7 Å². The van der Waals surface area contributed by atoms with E-state index < -0.39 is 5.54 Å². The largest absolute Gasteiger partial charge is 0.464 e. The smallest absolute Gasteiger partial charge is 0.330 e. The maximum Gasteiger partial charge on any atom is 0.330 e. The first-order valence-electron chi connectivity index (χ1n) is 6.71. The number of carbonyl (C=O) groups excluding carboxylic acids is 1. The number of hydrogen-bond donors (Lipinski definition) is 1. The van der Waals surface area contributed by atoms with Gasteiger partial charge in [-0.05, 0) is 25.8 Å². The van der Waals surface area contributed by atoms with E-state index in [2.05, 4.69) is 11.9 Å². The van der Waals surface area contributed by atoms with Crippen molar-refractivity contribution in [3.05, 3.63) is 48.0 Å². The third kappa shape index (κ3) is 3.44. The standard InChI is InChI=1S/C16H23NO2/c1-5-12-17-16(6-2,15(18)19-7-3)14-10-8-13(4)9-11-14/h5,8-11,17H,1,6-7,12H2,2-4H3. The zero-order chi connectivity index (χ0) is 14.3.